The molecular formula is C33H55BrO7. The Labute approximate surface area is 256 Å². The van der Waals surface area contributed by atoms with E-state index in [0.29, 0.717) is 18.3 Å². The number of esters is 1. The molecule has 1 saturated carbocycles. The highest BCUT2D eigenvalue weighted by Crippen LogP contribution is 2.48. The number of hydrogen-bond acceptors (Lipinski definition) is 7. The Morgan fingerprint density at radius 3 is 2.46 bits per heavy atom. The minimum atomic E-state index is -0.150. The fourth-order valence-corrected chi connectivity index (χ4v) is 7.66. The second-order valence-corrected chi connectivity index (χ2v) is 13.9. The van der Waals surface area contributed by atoms with Crippen LogP contribution in [0.1, 0.15) is 110 Å². The van der Waals surface area contributed by atoms with Crippen molar-refractivity contribution in [1.29, 1.82) is 0 Å². The maximum atomic E-state index is 11.6. The van der Waals surface area contributed by atoms with E-state index < -0.39 is 0 Å². The number of rotatable bonds is 16. The van der Waals surface area contributed by atoms with Crippen LogP contribution in [0.5, 0.6) is 0 Å². The number of carbonyl (C=O) groups is 1. The molecule has 41 heavy (non-hydrogen) atoms. The van der Waals surface area contributed by atoms with Crippen molar-refractivity contribution in [2.24, 2.45) is 17.8 Å². The van der Waals surface area contributed by atoms with Crippen LogP contribution in [0.4, 0.5) is 0 Å². The molecule has 0 aromatic carbocycles. The SMILES string of the molecule is CCCC[C@H](C)C[C@@H](C=C[C@@H]1[C@H]2C[C@H](C(Br)CCCC(=O)OC)O[C@@H]2C[C@H]1OC1CCCCO1)OC1CCCCO1. The fraction of sp³-hybridized carbons (Fsp3) is 0.909. The monoisotopic (exact) mass is 642 g/mol. The van der Waals surface area contributed by atoms with Crippen LogP contribution in [0.2, 0.25) is 0 Å². The van der Waals surface area contributed by atoms with Crippen LogP contribution in [0.25, 0.3) is 0 Å². The van der Waals surface area contributed by atoms with Gasteiger partial charge in [0.15, 0.2) is 12.6 Å². The van der Waals surface area contributed by atoms with Crippen LogP contribution in [-0.2, 0) is 33.2 Å². The molecule has 4 aliphatic rings. The summed E-state index contributed by atoms with van der Waals surface area (Å²) < 4.78 is 36.6. The van der Waals surface area contributed by atoms with Crippen LogP contribution in [0.15, 0.2) is 12.2 Å². The minimum Gasteiger partial charge on any atom is -0.469 e. The Morgan fingerprint density at radius 1 is 1.02 bits per heavy atom. The molecule has 0 amide bonds. The first kappa shape index (κ1) is 33.4. The number of hydrogen-bond donors (Lipinski definition) is 0. The number of halogens is 1. The molecule has 8 heteroatoms. The molecule has 0 radical (unpaired) electrons. The van der Waals surface area contributed by atoms with Crippen molar-refractivity contribution >= 4 is 21.9 Å². The van der Waals surface area contributed by atoms with Crippen molar-refractivity contribution in [2.45, 2.75) is 152 Å². The Hall–Kier alpha value is -0.510. The van der Waals surface area contributed by atoms with Gasteiger partial charge in [-0.2, -0.15) is 0 Å². The number of methoxy groups -OCH3 is 1. The largest absolute Gasteiger partial charge is 0.469 e. The van der Waals surface area contributed by atoms with E-state index in [2.05, 4.69) is 41.9 Å². The average Bonchev–Trinajstić information content (AvgIpc) is 3.53. The van der Waals surface area contributed by atoms with Gasteiger partial charge in [0.2, 0.25) is 0 Å². The van der Waals surface area contributed by atoms with Gasteiger partial charge in [-0.15, -0.1) is 0 Å². The van der Waals surface area contributed by atoms with Gasteiger partial charge in [0.05, 0.1) is 31.5 Å². The zero-order chi connectivity index (χ0) is 29.0. The van der Waals surface area contributed by atoms with E-state index in [0.717, 1.165) is 77.4 Å². The average molecular weight is 644 g/mol. The number of alkyl halides is 1. The Bertz CT molecular complexity index is 782. The highest BCUT2D eigenvalue weighted by Gasteiger charge is 2.51. The first-order chi connectivity index (χ1) is 20.0. The van der Waals surface area contributed by atoms with Gasteiger partial charge < -0.3 is 28.4 Å². The third kappa shape index (κ3) is 10.6. The summed E-state index contributed by atoms with van der Waals surface area (Å²) in [6.45, 7) is 6.19. The Kier molecular flexibility index (Phi) is 14.4. The number of ether oxygens (including phenoxy) is 6. The Balaban J connectivity index is 1.43. The smallest absolute Gasteiger partial charge is 0.305 e. The van der Waals surface area contributed by atoms with Crippen molar-refractivity contribution in [3.63, 3.8) is 0 Å². The van der Waals surface area contributed by atoms with Crippen LogP contribution >= 0.6 is 15.9 Å². The lowest BCUT2D eigenvalue weighted by Gasteiger charge is -2.30. The summed E-state index contributed by atoms with van der Waals surface area (Å²) in [5, 5.41) is 0. The zero-order valence-electron chi connectivity index (χ0n) is 25.7. The van der Waals surface area contributed by atoms with Crippen molar-refractivity contribution < 1.29 is 33.2 Å². The highest BCUT2D eigenvalue weighted by atomic mass is 79.9. The lowest BCUT2D eigenvalue weighted by molar-refractivity contribution is -0.194. The summed E-state index contributed by atoms with van der Waals surface area (Å²) in [5.74, 6) is 1.11. The summed E-state index contributed by atoms with van der Waals surface area (Å²) in [6, 6.07) is 0. The molecule has 3 aliphatic heterocycles. The van der Waals surface area contributed by atoms with E-state index in [-0.39, 0.29) is 53.7 Å². The van der Waals surface area contributed by atoms with Crippen LogP contribution in [0.3, 0.4) is 0 Å². The van der Waals surface area contributed by atoms with Crippen LogP contribution < -0.4 is 0 Å². The topological polar surface area (TPSA) is 72.5 Å². The van der Waals surface area contributed by atoms with Gasteiger partial charge in [0.25, 0.3) is 0 Å². The molecule has 0 spiro atoms. The zero-order valence-corrected chi connectivity index (χ0v) is 27.3. The van der Waals surface area contributed by atoms with Gasteiger partial charge >= 0.3 is 5.97 Å². The van der Waals surface area contributed by atoms with E-state index in [9.17, 15) is 4.79 Å². The molecule has 4 rings (SSSR count). The molecular weight excluding hydrogens is 588 g/mol. The quantitative estimate of drug-likeness (QED) is 0.0981. The maximum absolute atomic E-state index is 11.6. The van der Waals surface area contributed by atoms with Crippen LogP contribution in [0, 0.1) is 17.8 Å². The predicted octanol–water partition coefficient (Wildman–Crippen LogP) is 7.48. The van der Waals surface area contributed by atoms with Crippen molar-refractivity contribution in [1.82, 2.24) is 0 Å². The van der Waals surface area contributed by atoms with E-state index in [1.165, 1.54) is 32.8 Å². The fourth-order valence-electron chi connectivity index (χ4n) is 7.00. The Morgan fingerprint density at radius 2 is 1.78 bits per heavy atom. The van der Waals surface area contributed by atoms with Gasteiger partial charge in [-0.1, -0.05) is 61.2 Å². The van der Waals surface area contributed by atoms with E-state index >= 15 is 0 Å². The normalized spacial score (nSPS) is 34.4. The van der Waals surface area contributed by atoms with E-state index in [1.54, 1.807) is 0 Å². The molecule has 236 valence electrons. The summed E-state index contributed by atoms with van der Waals surface area (Å²) >= 11 is 3.88. The minimum absolute atomic E-state index is 0.0379. The van der Waals surface area contributed by atoms with Crippen molar-refractivity contribution in [3.8, 4) is 0 Å². The first-order valence-electron chi connectivity index (χ1n) is 16.6. The van der Waals surface area contributed by atoms with Gasteiger partial charge in [-0.05, 0) is 76.0 Å². The van der Waals surface area contributed by atoms with Crippen molar-refractivity contribution in [3.05, 3.63) is 12.2 Å². The molecule has 0 aromatic rings. The lowest BCUT2D eigenvalue weighted by Crippen LogP contribution is -2.32. The summed E-state index contributed by atoms with van der Waals surface area (Å²) in [4.78, 5) is 11.8. The van der Waals surface area contributed by atoms with Crippen LogP contribution in [-0.4, -0.2) is 68.1 Å². The van der Waals surface area contributed by atoms with Gasteiger partial charge in [-0.25, -0.2) is 0 Å². The lowest BCUT2D eigenvalue weighted by atomic mass is 9.88. The first-order valence-corrected chi connectivity index (χ1v) is 17.5. The molecule has 7 nitrogen and oxygen atoms in total. The highest BCUT2D eigenvalue weighted by molar-refractivity contribution is 9.09. The molecule has 3 saturated heterocycles. The number of fused-ring (bicyclic) bond motifs is 1. The maximum Gasteiger partial charge on any atom is 0.305 e. The number of carbonyl (C=O) groups excluding carboxylic acids is 1. The summed E-state index contributed by atoms with van der Waals surface area (Å²) in [6.07, 6.45) is 20.2. The molecule has 0 bridgehead atoms. The van der Waals surface area contributed by atoms with Gasteiger partial charge in [-0.3, -0.25) is 4.79 Å². The standard InChI is InChI=1S/C33H55BrO7/c1-4-5-11-23(2)20-24(39-32-14-6-8-18-37-32)16-17-25-26-21-30(27(34)12-10-13-31(35)36-3)40-29(26)22-28(25)41-33-15-7-9-19-38-33/h16-17,23-30,32-33H,4-15,18-22H2,1-3H3/t23-,24+,25+,26+,27?,28+,29+,30+,32?,33?/m0/s1. The second kappa shape index (κ2) is 17.7. The molecule has 0 aromatic heterocycles. The predicted molar refractivity (Wildman–Crippen MR) is 163 cm³/mol. The second-order valence-electron chi connectivity index (χ2n) is 12.7. The number of unbranched alkanes of at least 4 members (excludes halogenated alkanes) is 1. The van der Waals surface area contributed by atoms with Gasteiger partial charge in [0.1, 0.15) is 0 Å². The molecule has 4 fully saturated rings. The van der Waals surface area contributed by atoms with E-state index in [4.69, 9.17) is 28.4 Å². The summed E-state index contributed by atoms with van der Waals surface area (Å²) in [5.41, 5.74) is 0. The molecule has 3 heterocycles. The molecule has 0 N–H and O–H groups in total. The molecule has 10 atom stereocenters. The van der Waals surface area contributed by atoms with Gasteiger partial charge in [0, 0.05) is 36.8 Å². The summed E-state index contributed by atoms with van der Waals surface area (Å²) in [7, 11) is 1.45. The molecule has 1 aliphatic carbocycles. The third-order valence-electron chi connectivity index (χ3n) is 9.37. The van der Waals surface area contributed by atoms with E-state index in [1.807, 2.05) is 0 Å². The van der Waals surface area contributed by atoms with Crippen molar-refractivity contribution in [2.75, 3.05) is 20.3 Å². The molecule has 3 unspecified atom stereocenters. The third-order valence-corrected chi connectivity index (χ3v) is 10.4.